The van der Waals surface area contributed by atoms with Crippen molar-refractivity contribution in [1.82, 2.24) is 5.32 Å². The van der Waals surface area contributed by atoms with Crippen LogP contribution in [-0.4, -0.2) is 12.5 Å². The highest BCUT2D eigenvalue weighted by Crippen LogP contribution is 2.32. The van der Waals surface area contributed by atoms with Crippen LogP contribution in [0.1, 0.15) is 17.5 Å². The molecule has 0 spiro atoms. The summed E-state index contributed by atoms with van der Waals surface area (Å²) in [4.78, 5) is 11.0. The Bertz CT molecular complexity index is 414. The fourth-order valence-corrected chi connectivity index (χ4v) is 1.64. The first-order valence-corrected chi connectivity index (χ1v) is 4.76. The molecule has 1 N–H and O–H groups in total. The fraction of sp³-hybridized carbons (Fsp3) is 0.273. The number of benzene rings is 1. The average molecular weight is 228 g/mol. The highest BCUT2D eigenvalue weighted by Gasteiger charge is 2.32. The zero-order valence-electron chi connectivity index (χ0n) is 8.27. The van der Waals surface area contributed by atoms with Gasteiger partial charge in [-0.2, -0.15) is 13.2 Å². The smallest absolute Gasteiger partial charge is 0.355 e. The quantitative estimate of drug-likeness (QED) is 0.784. The number of carbonyl (C=O) groups excluding carboxylic acids is 1. The standard InChI is InChI=1S/C11H9F3NO/c12-11(13,14)9-3-1-2-7(4-9)8-5-10(16)15-6-8/h1-4H,5-6H2,(H,15,16). The van der Waals surface area contributed by atoms with Gasteiger partial charge in [-0.1, -0.05) is 18.2 Å². The molecule has 1 aliphatic heterocycles. The third-order valence-electron chi connectivity index (χ3n) is 2.47. The molecule has 1 heterocycles. The molecule has 0 saturated carbocycles. The van der Waals surface area contributed by atoms with Crippen LogP contribution in [0, 0.1) is 5.92 Å². The van der Waals surface area contributed by atoms with Crippen molar-refractivity contribution in [3.05, 3.63) is 41.3 Å². The number of rotatable bonds is 1. The third kappa shape index (κ3) is 2.18. The molecule has 5 heteroatoms. The molecule has 0 unspecified atom stereocenters. The summed E-state index contributed by atoms with van der Waals surface area (Å²) in [5.41, 5.74) is -0.204. The number of amides is 1. The van der Waals surface area contributed by atoms with Gasteiger partial charge in [0, 0.05) is 18.9 Å². The Morgan fingerprint density at radius 3 is 2.56 bits per heavy atom. The predicted octanol–water partition coefficient (Wildman–Crippen LogP) is 2.15. The molecule has 1 aromatic rings. The van der Waals surface area contributed by atoms with Crippen LogP contribution in [0.25, 0.3) is 0 Å². The lowest BCUT2D eigenvalue weighted by atomic mass is 9.96. The zero-order valence-corrected chi connectivity index (χ0v) is 8.27. The normalized spacial score (nSPS) is 17.6. The molecule has 1 aliphatic rings. The van der Waals surface area contributed by atoms with Gasteiger partial charge in [-0.3, -0.25) is 4.79 Å². The van der Waals surface area contributed by atoms with Gasteiger partial charge >= 0.3 is 6.18 Å². The van der Waals surface area contributed by atoms with Crippen LogP contribution in [0.2, 0.25) is 0 Å². The van der Waals surface area contributed by atoms with Crippen LogP contribution >= 0.6 is 0 Å². The molecule has 85 valence electrons. The van der Waals surface area contributed by atoms with E-state index in [0.717, 1.165) is 12.1 Å². The molecule has 2 nitrogen and oxygen atoms in total. The number of hydrogen-bond acceptors (Lipinski definition) is 1. The van der Waals surface area contributed by atoms with Gasteiger partial charge in [0.1, 0.15) is 0 Å². The maximum absolute atomic E-state index is 12.4. The molecule has 1 fully saturated rings. The maximum Gasteiger partial charge on any atom is 0.416 e. The second-order valence-corrected chi connectivity index (χ2v) is 3.64. The maximum atomic E-state index is 12.4. The minimum absolute atomic E-state index is 0.146. The topological polar surface area (TPSA) is 29.1 Å². The van der Waals surface area contributed by atoms with Crippen molar-refractivity contribution in [2.45, 2.75) is 12.6 Å². The molecule has 1 saturated heterocycles. The van der Waals surface area contributed by atoms with Gasteiger partial charge in [0.05, 0.1) is 5.56 Å². The average Bonchev–Trinajstić information content (AvgIpc) is 2.64. The van der Waals surface area contributed by atoms with Crippen LogP contribution in [0.3, 0.4) is 0 Å². The number of alkyl halides is 3. The Morgan fingerprint density at radius 1 is 1.25 bits per heavy atom. The third-order valence-corrected chi connectivity index (χ3v) is 2.47. The summed E-state index contributed by atoms with van der Waals surface area (Å²) in [6.45, 7) is 0.333. The summed E-state index contributed by atoms with van der Waals surface area (Å²) in [6, 6.07) is 5.04. The Labute approximate surface area is 90.5 Å². The Hall–Kier alpha value is -1.52. The molecule has 1 radical (unpaired) electrons. The lowest BCUT2D eigenvalue weighted by Crippen LogP contribution is -2.14. The summed E-state index contributed by atoms with van der Waals surface area (Å²) in [5.74, 6) is 0.559. The van der Waals surface area contributed by atoms with Gasteiger partial charge in [-0.05, 0) is 11.6 Å². The van der Waals surface area contributed by atoms with Crippen molar-refractivity contribution in [2.24, 2.45) is 0 Å². The van der Waals surface area contributed by atoms with E-state index in [1.54, 1.807) is 6.07 Å². The van der Waals surface area contributed by atoms with Crippen LogP contribution < -0.4 is 5.32 Å². The number of hydrogen-bond donors (Lipinski definition) is 1. The van der Waals surface area contributed by atoms with E-state index in [9.17, 15) is 18.0 Å². The molecular weight excluding hydrogens is 219 g/mol. The van der Waals surface area contributed by atoms with E-state index in [4.69, 9.17) is 0 Å². The van der Waals surface area contributed by atoms with E-state index in [-0.39, 0.29) is 12.3 Å². The number of carbonyl (C=O) groups is 1. The van der Waals surface area contributed by atoms with Crippen LogP contribution in [-0.2, 0) is 11.0 Å². The van der Waals surface area contributed by atoms with Gasteiger partial charge in [-0.15, -0.1) is 0 Å². The van der Waals surface area contributed by atoms with E-state index in [1.165, 1.54) is 6.07 Å². The van der Waals surface area contributed by atoms with Crippen molar-refractivity contribution >= 4 is 5.91 Å². The van der Waals surface area contributed by atoms with E-state index >= 15 is 0 Å². The lowest BCUT2D eigenvalue weighted by Gasteiger charge is -2.11. The van der Waals surface area contributed by atoms with Crippen LogP contribution in [0.15, 0.2) is 24.3 Å². The van der Waals surface area contributed by atoms with E-state index in [0.29, 0.717) is 18.0 Å². The molecule has 0 atom stereocenters. The van der Waals surface area contributed by atoms with E-state index < -0.39 is 11.7 Å². The van der Waals surface area contributed by atoms with Gasteiger partial charge in [0.25, 0.3) is 0 Å². The number of nitrogens with one attached hydrogen (secondary N) is 1. The molecule has 0 aromatic heterocycles. The minimum atomic E-state index is -4.34. The molecule has 1 amide bonds. The molecule has 0 bridgehead atoms. The second kappa shape index (κ2) is 3.81. The van der Waals surface area contributed by atoms with Crippen molar-refractivity contribution in [3.63, 3.8) is 0 Å². The summed E-state index contributed by atoms with van der Waals surface area (Å²) in [5, 5.41) is 2.57. The highest BCUT2D eigenvalue weighted by molar-refractivity contribution is 5.82. The zero-order chi connectivity index (χ0) is 11.8. The van der Waals surface area contributed by atoms with Gasteiger partial charge in [0.2, 0.25) is 5.91 Å². The molecule has 1 aromatic carbocycles. The summed E-state index contributed by atoms with van der Waals surface area (Å²) in [7, 11) is 0. The monoisotopic (exact) mass is 228 g/mol. The first-order chi connectivity index (χ1) is 7.47. The van der Waals surface area contributed by atoms with E-state index in [1.807, 2.05) is 0 Å². The lowest BCUT2D eigenvalue weighted by molar-refractivity contribution is -0.137. The fourth-order valence-electron chi connectivity index (χ4n) is 1.64. The molecule has 16 heavy (non-hydrogen) atoms. The summed E-state index contributed by atoms with van der Waals surface area (Å²) >= 11 is 0. The van der Waals surface area contributed by atoms with Crippen LogP contribution in [0.4, 0.5) is 13.2 Å². The van der Waals surface area contributed by atoms with Crippen molar-refractivity contribution < 1.29 is 18.0 Å². The Balaban J connectivity index is 2.26. The van der Waals surface area contributed by atoms with Gasteiger partial charge < -0.3 is 5.32 Å². The molecule has 0 aliphatic carbocycles. The first-order valence-electron chi connectivity index (χ1n) is 4.76. The second-order valence-electron chi connectivity index (χ2n) is 3.64. The first kappa shape index (κ1) is 11.0. The van der Waals surface area contributed by atoms with Crippen LogP contribution in [0.5, 0.6) is 0 Å². The predicted molar refractivity (Wildman–Crippen MR) is 51.4 cm³/mol. The summed E-state index contributed by atoms with van der Waals surface area (Å²) in [6.07, 6.45) is -4.16. The SMILES string of the molecule is O=C1C[C](c2cccc(C(F)(F)F)c2)CN1. The van der Waals surface area contributed by atoms with E-state index in [2.05, 4.69) is 5.32 Å². The largest absolute Gasteiger partial charge is 0.416 e. The molecular formula is C11H9F3NO. The van der Waals surface area contributed by atoms with Crippen molar-refractivity contribution in [3.8, 4) is 0 Å². The van der Waals surface area contributed by atoms with Gasteiger partial charge in [-0.25, -0.2) is 0 Å². The molecule has 2 rings (SSSR count). The minimum Gasteiger partial charge on any atom is -0.355 e. The van der Waals surface area contributed by atoms with Crippen molar-refractivity contribution in [1.29, 1.82) is 0 Å². The Kier molecular flexibility index (Phi) is 2.61. The Morgan fingerprint density at radius 2 is 2.00 bits per heavy atom. The van der Waals surface area contributed by atoms with Gasteiger partial charge in [0.15, 0.2) is 0 Å². The highest BCUT2D eigenvalue weighted by atomic mass is 19.4. The summed E-state index contributed by atoms with van der Waals surface area (Å²) < 4.78 is 37.3. The number of halogens is 3. The van der Waals surface area contributed by atoms with Crippen molar-refractivity contribution in [2.75, 3.05) is 6.54 Å².